The highest BCUT2D eigenvalue weighted by Gasteiger charge is 2.34. The molecule has 2 aromatic carbocycles. The first kappa shape index (κ1) is 20.7. The van der Waals surface area contributed by atoms with E-state index in [1.54, 1.807) is 62.8 Å². The molecule has 2 amide bonds. The lowest BCUT2D eigenvalue weighted by atomic mass is 10.1. The summed E-state index contributed by atoms with van der Waals surface area (Å²) in [5, 5.41) is 1.06. The van der Waals surface area contributed by atoms with Crippen LogP contribution in [0.25, 0.3) is 6.08 Å². The van der Waals surface area contributed by atoms with E-state index in [4.69, 9.17) is 26.4 Å². The van der Waals surface area contributed by atoms with E-state index in [1.807, 2.05) is 0 Å². The minimum atomic E-state index is -0.452. The van der Waals surface area contributed by atoms with Crippen molar-refractivity contribution in [3.05, 3.63) is 58.5 Å². The van der Waals surface area contributed by atoms with Gasteiger partial charge in [0.15, 0.2) is 4.32 Å². The van der Waals surface area contributed by atoms with Crippen molar-refractivity contribution in [2.45, 2.75) is 0 Å². The molecule has 1 saturated heterocycles. The minimum absolute atomic E-state index is 0.232. The maximum atomic E-state index is 12.8. The van der Waals surface area contributed by atoms with Gasteiger partial charge in [-0.1, -0.05) is 11.8 Å². The summed E-state index contributed by atoms with van der Waals surface area (Å²) in [5.74, 6) is 0.950. The molecule has 9 heteroatoms. The molecule has 1 N–H and O–H groups in total. The number of nitrogens with zero attached hydrogens (tertiary/aromatic N) is 1. The molecule has 0 atom stereocenters. The van der Waals surface area contributed by atoms with Gasteiger partial charge in [-0.05, 0) is 54.7 Å². The minimum Gasteiger partial charge on any atom is -0.497 e. The van der Waals surface area contributed by atoms with Crippen LogP contribution in [0.2, 0.25) is 0 Å². The lowest BCUT2D eigenvalue weighted by Gasteiger charge is -2.15. The fourth-order valence-corrected chi connectivity index (χ4v) is 3.72. The van der Waals surface area contributed by atoms with Gasteiger partial charge in [0.2, 0.25) is 0 Å². The zero-order valence-corrected chi connectivity index (χ0v) is 17.6. The average Bonchev–Trinajstić information content (AvgIpc) is 3.01. The summed E-state index contributed by atoms with van der Waals surface area (Å²) in [6, 6.07) is 11.8. The Balaban J connectivity index is 1.78. The van der Waals surface area contributed by atoms with Crippen molar-refractivity contribution >= 4 is 46.2 Å². The van der Waals surface area contributed by atoms with E-state index >= 15 is 0 Å². The van der Waals surface area contributed by atoms with Crippen molar-refractivity contribution in [2.24, 2.45) is 0 Å². The predicted molar refractivity (Wildman–Crippen MR) is 115 cm³/mol. The van der Waals surface area contributed by atoms with Gasteiger partial charge < -0.3 is 14.2 Å². The number of carbonyl (C=O) groups excluding carboxylic acids is 2. The smallest absolute Gasteiger partial charge is 0.285 e. The van der Waals surface area contributed by atoms with Gasteiger partial charge in [0, 0.05) is 17.2 Å². The molecule has 0 aliphatic carbocycles. The fourth-order valence-electron chi connectivity index (χ4n) is 2.55. The Bertz CT molecular complexity index is 989. The van der Waals surface area contributed by atoms with E-state index in [2.05, 4.69) is 5.43 Å². The molecule has 1 fully saturated rings. The zero-order valence-electron chi connectivity index (χ0n) is 15.9. The highest BCUT2D eigenvalue weighted by molar-refractivity contribution is 8.26. The molecule has 29 heavy (non-hydrogen) atoms. The number of thioether (sulfide) groups is 1. The van der Waals surface area contributed by atoms with Gasteiger partial charge in [-0.25, -0.2) is 0 Å². The summed E-state index contributed by atoms with van der Waals surface area (Å²) in [6.07, 6.45) is 1.66. The second-order valence-corrected chi connectivity index (χ2v) is 7.47. The van der Waals surface area contributed by atoms with Crippen LogP contribution in [0.1, 0.15) is 15.9 Å². The molecule has 0 spiro atoms. The first-order chi connectivity index (χ1) is 14.0. The summed E-state index contributed by atoms with van der Waals surface area (Å²) in [5.41, 5.74) is 3.61. The third-order valence-electron chi connectivity index (χ3n) is 4.09. The molecule has 1 heterocycles. The molecule has 3 rings (SSSR count). The van der Waals surface area contributed by atoms with Gasteiger partial charge in [0.05, 0.1) is 26.2 Å². The summed E-state index contributed by atoms with van der Waals surface area (Å²) in [4.78, 5) is 25.6. The van der Waals surface area contributed by atoms with Crippen molar-refractivity contribution in [2.75, 3.05) is 21.3 Å². The summed E-state index contributed by atoms with van der Waals surface area (Å²) < 4.78 is 15.8. The van der Waals surface area contributed by atoms with Crippen LogP contribution in [0.4, 0.5) is 0 Å². The van der Waals surface area contributed by atoms with E-state index in [0.717, 1.165) is 16.8 Å². The SMILES string of the molecule is COc1ccc(C(=O)NN2C(=O)C(=Cc3ccc(OC)cc3OC)SC2=S)cc1. The van der Waals surface area contributed by atoms with Gasteiger partial charge >= 0.3 is 0 Å². The van der Waals surface area contributed by atoms with Crippen molar-refractivity contribution in [3.8, 4) is 17.2 Å². The van der Waals surface area contributed by atoms with E-state index in [1.165, 1.54) is 7.11 Å². The number of nitrogens with one attached hydrogen (secondary N) is 1. The number of hydrogen-bond donors (Lipinski definition) is 1. The number of hydrazine groups is 1. The molecule has 0 unspecified atom stereocenters. The second-order valence-electron chi connectivity index (χ2n) is 5.79. The lowest BCUT2D eigenvalue weighted by Crippen LogP contribution is -2.44. The second kappa shape index (κ2) is 8.97. The Hall–Kier alpha value is -3.04. The number of hydrogen-bond acceptors (Lipinski definition) is 7. The number of amides is 2. The van der Waals surface area contributed by atoms with Crippen LogP contribution in [-0.2, 0) is 4.79 Å². The molecule has 7 nitrogen and oxygen atoms in total. The van der Waals surface area contributed by atoms with Crippen molar-refractivity contribution in [1.29, 1.82) is 0 Å². The molecule has 0 saturated carbocycles. The van der Waals surface area contributed by atoms with Gasteiger partial charge in [-0.15, -0.1) is 0 Å². The third kappa shape index (κ3) is 4.52. The van der Waals surface area contributed by atoms with Crippen molar-refractivity contribution in [3.63, 3.8) is 0 Å². The molecule has 0 aromatic heterocycles. The largest absolute Gasteiger partial charge is 0.497 e. The Morgan fingerprint density at radius 1 is 1.03 bits per heavy atom. The van der Waals surface area contributed by atoms with Crippen LogP contribution in [0.5, 0.6) is 17.2 Å². The Morgan fingerprint density at radius 3 is 2.31 bits per heavy atom. The molecule has 1 aliphatic rings. The molecule has 2 aromatic rings. The number of carbonyl (C=O) groups is 2. The summed E-state index contributed by atoms with van der Waals surface area (Å²) in [7, 11) is 4.64. The van der Waals surface area contributed by atoms with Crippen LogP contribution in [-0.4, -0.2) is 42.5 Å². The average molecular weight is 431 g/mol. The Labute approximate surface area is 177 Å². The van der Waals surface area contributed by atoms with E-state index in [9.17, 15) is 9.59 Å². The number of ether oxygens (including phenoxy) is 3. The molecule has 150 valence electrons. The van der Waals surface area contributed by atoms with Gasteiger partial charge in [-0.3, -0.25) is 15.0 Å². The predicted octanol–water partition coefficient (Wildman–Crippen LogP) is 3.26. The normalized spacial score (nSPS) is 14.9. The molecule has 0 radical (unpaired) electrons. The standard InChI is InChI=1S/C20H18N2O5S2/c1-25-14-7-4-12(5-8-14)18(23)21-22-19(24)17(29-20(22)28)10-13-6-9-15(26-2)11-16(13)27-3/h4-11H,1-3H3,(H,21,23). The summed E-state index contributed by atoms with van der Waals surface area (Å²) >= 11 is 6.36. The highest BCUT2D eigenvalue weighted by Crippen LogP contribution is 2.34. The highest BCUT2D eigenvalue weighted by atomic mass is 32.2. The maximum absolute atomic E-state index is 12.8. The van der Waals surface area contributed by atoms with E-state index in [-0.39, 0.29) is 4.32 Å². The third-order valence-corrected chi connectivity index (χ3v) is 5.39. The molecular weight excluding hydrogens is 412 g/mol. The number of thiocarbonyl (C=S) groups is 1. The van der Waals surface area contributed by atoms with Gasteiger partial charge in [0.25, 0.3) is 11.8 Å². The Kier molecular flexibility index (Phi) is 6.40. The first-order valence-electron chi connectivity index (χ1n) is 8.42. The fraction of sp³-hybridized carbons (Fsp3) is 0.150. The van der Waals surface area contributed by atoms with Gasteiger partial charge in [0.1, 0.15) is 17.2 Å². The lowest BCUT2D eigenvalue weighted by molar-refractivity contribution is -0.123. The van der Waals surface area contributed by atoms with E-state index in [0.29, 0.717) is 33.3 Å². The topological polar surface area (TPSA) is 77.1 Å². The van der Waals surface area contributed by atoms with Crippen LogP contribution >= 0.6 is 24.0 Å². The number of methoxy groups -OCH3 is 3. The van der Waals surface area contributed by atoms with Crippen LogP contribution in [0.3, 0.4) is 0 Å². The van der Waals surface area contributed by atoms with Crippen LogP contribution < -0.4 is 19.6 Å². The van der Waals surface area contributed by atoms with Gasteiger partial charge in [-0.2, -0.15) is 5.01 Å². The van der Waals surface area contributed by atoms with Crippen molar-refractivity contribution < 1.29 is 23.8 Å². The molecule has 1 aliphatic heterocycles. The van der Waals surface area contributed by atoms with Crippen LogP contribution in [0.15, 0.2) is 47.4 Å². The maximum Gasteiger partial charge on any atom is 0.285 e. The molecular formula is C20H18N2O5S2. The van der Waals surface area contributed by atoms with E-state index < -0.39 is 11.8 Å². The first-order valence-corrected chi connectivity index (χ1v) is 9.64. The zero-order chi connectivity index (χ0) is 21.0. The Morgan fingerprint density at radius 2 is 1.69 bits per heavy atom. The van der Waals surface area contributed by atoms with Crippen LogP contribution in [0, 0.1) is 0 Å². The monoisotopic (exact) mass is 430 g/mol. The number of benzene rings is 2. The summed E-state index contributed by atoms with van der Waals surface area (Å²) in [6.45, 7) is 0. The number of rotatable bonds is 6. The molecule has 0 bridgehead atoms. The van der Waals surface area contributed by atoms with Crippen molar-refractivity contribution in [1.82, 2.24) is 10.4 Å². The quantitative estimate of drug-likeness (QED) is 0.557.